The van der Waals surface area contributed by atoms with Crippen LogP contribution in [0.2, 0.25) is 0 Å². The van der Waals surface area contributed by atoms with E-state index in [0.717, 1.165) is 134 Å². The number of rotatable bonds is 11. The van der Waals surface area contributed by atoms with Crippen LogP contribution in [-0.2, 0) is 29.0 Å². The molecule has 0 spiro atoms. The third-order valence-corrected chi connectivity index (χ3v) is 12.0. The number of imidazole rings is 2. The van der Waals surface area contributed by atoms with Gasteiger partial charge >= 0.3 is 0 Å². The van der Waals surface area contributed by atoms with Crippen molar-refractivity contribution in [3.8, 4) is 22.5 Å². The molecule has 0 bridgehead atoms. The summed E-state index contributed by atoms with van der Waals surface area (Å²) in [5, 5.41) is 2.38. The fourth-order valence-electron chi connectivity index (χ4n) is 9.04. The van der Waals surface area contributed by atoms with Crippen molar-refractivity contribution in [2.24, 2.45) is 5.92 Å². The van der Waals surface area contributed by atoms with Gasteiger partial charge in [-0.15, -0.1) is 0 Å². The van der Waals surface area contributed by atoms with Gasteiger partial charge in [0.1, 0.15) is 11.6 Å². The van der Waals surface area contributed by atoms with E-state index in [1.54, 1.807) is 0 Å². The van der Waals surface area contributed by atoms with Gasteiger partial charge in [-0.2, -0.15) is 0 Å². The normalized spacial score (nSPS) is 16.1. The molecule has 12 nitrogen and oxygen atoms in total. The maximum atomic E-state index is 5.58. The van der Waals surface area contributed by atoms with E-state index in [9.17, 15) is 0 Å². The first-order valence-electron chi connectivity index (χ1n) is 20.4. The molecule has 0 saturated carbocycles. The molecule has 0 amide bonds. The first kappa shape index (κ1) is 36.0. The number of pyridine rings is 2. The molecule has 2 aliphatic rings. The summed E-state index contributed by atoms with van der Waals surface area (Å²) in [4.78, 5) is 38.7. The van der Waals surface area contributed by atoms with E-state index >= 15 is 0 Å². The number of hydrogen-bond donors (Lipinski definition) is 4. The average molecular weight is 763 g/mol. The Bertz CT molecular complexity index is 2690. The lowest BCUT2D eigenvalue weighted by molar-refractivity contribution is 0.0407. The second kappa shape index (κ2) is 15.2. The molecule has 12 heteroatoms. The molecule has 0 atom stereocenters. The topological polar surface area (TPSA) is 140 Å². The lowest BCUT2D eigenvalue weighted by atomic mass is 9.99. The minimum atomic E-state index is 0.505. The van der Waals surface area contributed by atoms with E-state index in [0.29, 0.717) is 29.7 Å². The van der Waals surface area contributed by atoms with Crippen LogP contribution < -0.4 is 0 Å². The van der Waals surface area contributed by atoms with E-state index < -0.39 is 0 Å². The molecule has 0 aliphatic carbocycles. The van der Waals surface area contributed by atoms with Crippen molar-refractivity contribution in [3.63, 3.8) is 0 Å². The Hall–Kier alpha value is -5.40. The van der Waals surface area contributed by atoms with Crippen molar-refractivity contribution < 1.29 is 9.47 Å². The van der Waals surface area contributed by atoms with Gasteiger partial charge in [-0.3, -0.25) is 4.90 Å². The molecule has 2 aromatic carbocycles. The molecule has 8 heterocycles. The Balaban J connectivity index is 0.906. The molecule has 8 aromatic rings. The fourth-order valence-corrected chi connectivity index (χ4v) is 9.04. The molecule has 0 unspecified atom stereocenters. The molecule has 4 N–H and O–H groups in total. The van der Waals surface area contributed by atoms with Crippen LogP contribution in [0, 0.1) is 12.8 Å². The number of ether oxygens (including phenoxy) is 2. The summed E-state index contributed by atoms with van der Waals surface area (Å²) in [5.41, 5.74) is 13.0. The summed E-state index contributed by atoms with van der Waals surface area (Å²) < 4.78 is 11.2. The van der Waals surface area contributed by atoms with Crippen LogP contribution in [0.25, 0.3) is 66.6 Å². The van der Waals surface area contributed by atoms with E-state index in [1.165, 1.54) is 21.9 Å². The van der Waals surface area contributed by atoms with Crippen LogP contribution in [-0.4, -0.2) is 103 Å². The number of aryl methyl sites for hydroxylation is 1. The Kier molecular flexibility index (Phi) is 9.57. The molecule has 0 radical (unpaired) electrons. The van der Waals surface area contributed by atoms with Crippen LogP contribution in [0.15, 0.2) is 66.9 Å². The number of benzene rings is 2. The molecule has 2 saturated heterocycles. The SMILES string of the molecule is Cc1nc2nc(Cc3nc4nccc(-c5cc6cc(CN(C)C7CCOCC7)ccc6[nH]5)c4[nH]3)cc(-c3cc4cc(CN(C)CC5CCOCC5)ccc4[nH]3)c2[nH]1. The fraction of sp³-hybridized carbons (Fsp3) is 0.378. The first-order chi connectivity index (χ1) is 27.9. The Morgan fingerprint density at radius 3 is 2.07 bits per heavy atom. The zero-order valence-electron chi connectivity index (χ0n) is 33.0. The van der Waals surface area contributed by atoms with Crippen molar-refractivity contribution in [2.75, 3.05) is 47.1 Å². The highest BCUT2D eigenvalue weighted by molar-refractivity contribution is 5.95. The van der Waals surface area contributed by atoms with Crippen LogP contribution in [0.4, 0.5) is 0 Å². The third kappa shape index (κ3) is 7.46. The quantitative estimate of drug-likeness (QED) is 0.104. The van der Waals surface area contributed by atoms with Gasteiger partial charge in [0.2, 0.25) is 0 Å². The minimum absolute atomic E-state index is 0.505. The maximum Gasteiger partial charge on any atom is 0.178 e. The van der Waals surface area contributed by atoms with Crippen molar-refractivity contribution in [3.05, 3.63) is 95.3 Å². The summed E-state index contributed by atoms with van der Waals surface area (Å²) in [7, 11) is 4.45. The molecule has 2 fully saturated rings. The highest BCUT2D eigenvalue weighted by atomic mass is 16.5. The molecule has 10 rings (SSSR count). The van der Waals surface area contributed by atoms with Crippen LogP contribution in [0.5, 0.6) is 0 Å². The summed E-state index contributed by atoms with van der Waals surface area (Å²) in [5.74, 6) is 2.34. The van der Waals surface area contributed by atoms with Gasteiger partial charge in [-0.1, -0.05) is 12.1 Å². The predicted molar refractivity (Wildman–Crippen MR) is 225 cm³/mol. The van der Waals surface area contributed by atoms with Gasteiger partial charge < -0.3 is 34.3 Å². The van der Waals surface area contributed by atoms with Crippen LogP contribution >= 0.6 is 0 Å². The number of aromatic amines is 4. The van der Waals surface area contributed by atoms with E-state index in [1.807, 2.05) is 13.1 Å². The molecular formula is C45H50N10O2. The standard InChI is InChI=1S/C45H50N10O2/c1-27-47-43-36(40-21-31-18-29(4-6-38(31)51-40)25-54(2)24-28-9-14-56-15-10-28)22-33(49-45(43)48-27)23-41-52-42-35(8-13-46-44(42)53-41)39-20-32-19-30(5-7-37(32)50-39)26-55(3)34-11-16-57-17-12-34/h4-8,13,18-22,28,34,50-51H,9-12,14-17,23-26H2,1-3H3,(H,46,52,53)(H,47,48,49). The van der Waals surface area contributed by atoms with Crippen molar-refractivity contribution >= 4 is 44.1 Å². The second-order valence-corrected chi connectivity index (χ2v) is 16.3. The zero-order chi connectivity index (χ0) is 38.5. The molecular weight excluding hydrogens is 713 g/mol. The number of hydrogen-bond acceptors (Lipinski definition) is 8. The van der Waals surface area contributed by atoms with Crippen molar-refractivity contribution in [1.29, 1.82) is 0 Å². The van der Waals surface area contributed by atoms with Gasteiger partial charge in [-0.25, -0.2) is 19.9 Å². The van der Waals surface area contributed by atoms with E-state index in [-0.39, 0.29) is 0 Å². The largest absolute Gasteiger partial charge is 0.381 e. The summed E-state index contributed by atoms with van der Waals surface area (Å²) in [6.45, 7) is 8.38. The van der Waals surface area contributed by atoms with Gasteiger partial charge in [0.15, 0.2) is 11.3 Å². The van der Waals surface area contributed by atoms with Crippen LogP contribution in [0.3, 0.4) is 0 Å². The average Bonchev–Trinajstić information content (AvgIpc) is 4.02. The third-order valence-electron chi connectivity index (χ3n) is 12.0. The minimum Gasteiger partial charge on any atom is -0.381 e. The van der Waals surface area contributed by atoms with Crippen molar-refractivity contribution in [2.45, 2.75) is 58.2 Å². The maximum absolute atomic E-state index is 5.58. The van der Waals surface area contributed by atoms with Gasteiger partial charge in [0.05, 0.1) is 16.7 Å². The molecule has 6 aromatic heterocycles. The highest BCUT2D eigenvalue weighted by Gasteiger charge is 2.21. The molecule has 292 valence electrons. The Morgan fingerprint density at radius 1 is 0.667 bits per heavy atom. The van der Waals surface area contributed by atoms with E-state index in [2.05, 4.69) is 109 Å². The Morgan fingerprint density at radius 2 is 1.33 bits per heavy atom. The van der Waals surface area contributed by atoms with Crippen LogP contribution in [0.1, 0.15) is 54.2 Å². The highest BCUT2D eigenvalue weighted by Crippen LogP contribution is 2.33. The smallest absolute Gasteiger partial charge is 0.178 e. The predicted octanol–water partition coefficient (Wildman–Crippen LogP) is 7.89. The lowest BCUT2D eigenvalue weighted by Crippen LogP contribution is -2.36. The summed E-state index contributed by atoms with van der Waals surface area (Å²) >= 11 is 0. The summed E-state index contributed by atoms with van der Waals surface area (Å²) in [6.07, 6.45) is 6.82. The lowest BCUT2D eigenvalue weighted by Gasteiger charge is -2.31. The molecule has 2 aliphatic heterocycles. The summed E-state index contributed by atoms with van der Waals surface area (Å²) in [6, 6.07) is 22.7. The Labute approximate surface area is 331 Å². The molecule has 57 heavy (non-hydrogen) atoms. The van der Waals surface area contributed by atoms with Gasteiger partial charge in [-0.05, 0) is 112 Å². The van der Waals surface area contributed by atoms with Gasteiger partial charge in [0.25, 0.3) is 0 Å². The monoisotopic (exact) mass is 762 g/mol. The van der Waals surface area contributed by atoms with Crippen molar-refractivity contribution in [1.82, 2.24) is 49.7 Å². The number of H-pyrrole nitrogens is 4. The first-order valence-corrected chi connectivity index (χ1v) is 20.4. The number of nitrogens with zero attached hydrogens (tertiary/aromatic N) is 6. The zero-order valence-corrected chi connectivity index (χ0v) is 33.0. The second-order valence-electron chi connectivity index (χ2n) is 16.3. The van der Waals surface area contributed by atoms with Gasteiger partial charge in [0, 0.05) is 109 Å². The number of fused-ring (bicyclic) bond motifs is 4. The number of aromatic nitrogens is 8. The number of nitrogens with one attached hydrogen (secondary N) is 4. The van der Waals surface area contributed by atoms with E-state index in [4.69, 9.17) is 24.4 Å².